The highest BCUT2D eigenvalue weighted by Gasteiger charge is 2.24. The standard InChI is InChI=1S/C19H23NO3S/c1-22-16-6-2-7-17(11-16)23-14-15-5-3-9-20(13-15)19(21)12-18-8-4-10-24-18/h2,4,6-8,10-11,15H,3,5,9,12-14H2,1H3/t15-/m0/s1. The molecule has 0 unspecified atom stereocenters. The van der Waals surface area contributed by atoms with Gasteiger partial charge in [0.05, 0.1) is 20.1 Å². The van der Waals surface area contributed by atoms with Gasteiger partial charge in [-0.2, -0.15) is 0 Å². The molecule has 0 N–H and O–H groups in total. The van der Waals surface area contributed by atoms with E-state index >= 15 is 0 Å². The predicted octanol–water partition coefficient (Wildman–Crippen LogP) is 3.62. The quantitative estimate of drug-likeness (QED) is 0.803. The number of thiophene rings is 1. The second-order valence-corrected chi connectivity index (χ2v) is 7.13. The van der Waals surface area contributed by atoms with Crippen LogP contribution in [0, 0.1) is 5.92 Å². The highest BCUT2D eigenvalue weighted by molar-refractivity contribution is 7.10. The van der Waals surface area contributed by atoms with Crippen LogP contribution >= 0.6 is 11.3 Å². The largest absolute Gasteiger partial charge is 0.497 e. The Kier molecular flexibility index (Phi) is 5.75. The van der Waals surface area contributed by atoms with E-state index in [1.807, 2.05) is 46.7 Å². The average molecular weight is 345 g/mol. The van der Waals surface area contributed by atoms with Gasteiger partial charge in [-0.15, -0.1) is 11.3 Å². The minimum Gasteiger partial charge on any atom is -0.497 e. The van der Waals surface area contributed by atoms with E-state index in [1.54, 1.807) is 18.4 Å². The molecule has 1 amide bonds. The van der Waals surface area contributed by atoms with Crippen molar-refractivity contribution in [3.8, 4) is 11.5 Å². The van der Waals surface area contributed by atoms with Crippen molar-refractivity contribution in [3.05, 3.63) is 46.7 Å². The van der Waals surface area contributed by atoms with Crippen LogP contribution in [0.2, 0.25) is 0 Å². The number of hydrogen-bond acceptors (Lipinski definition) is 4. The molecule has 1 aliphatic rings. The summed E-state index contributed by atoms with van der Waals surface area (Å²) >= 11 is 1.64. The summed E-state index contributed by atoms with van der Waals surface area (Å²) in [4.78, 5) is 15.6. The predicted molar refractivity (Wildman–Crippen MR) is 95.8 cm³/mol. The van der Waals surface area contributed by atoms with Crippen molar-refractivity contribution in [2.75, 3.05) is 26.8 Å². The molecule has 0 radical (unpaired) electrons. The zero-order valence-electron chi connectivity index (χ0n) is 13.9. The lowest BCUT2D eigenvalue weighted by molar-refractivity contribution is -0.132. The lowest BCUT2D eigenvalue weighted by Crippen LogP contribution is -2.42. The molecule has 2 aromatic rings. The number of rotatable bonds is 6. The summed E-state index contributed by atoms with van der Waals surface area (Å²) in [5.41, 5.74) is 0. The van der Waals surface area contributed by atoms with Gasteiger partial charge in [0.2, 0.25) is 5.91 Å². The Hall–Kier alpha value is -2.01. The third-order valence-electron chi connectivity index (χ3n) is 4.30. The molecule has 1 aromatic carbocycles. The van der Waals surface area contributed by atoms with Crippen LogP contribution in [-0.2, 0) is 11.2 Å². The van der Waals surface area contributed by atoms with E-state index in [9.17, 15) is 4.79 Å². The Bertz CT molecular complexity index is 656. The zero-order valence-corrected chi connectivity index (χ0v) is 14.8. The topological polar surface area (TPSA) is 38.8 Å². The van der Waals surface area contributed by atoms with Crippen LogP contribution in [0.1, 0.15) is 17.7 Å². The van der Waals surface area contributed by atoms with Crippen LogP contribution in [0.5, 0.6) is 11.5 Å². The molecule has 1 aromatic heterocycles. The summed E-state index contributed by atoms with van der Waals surface area (Å²) in [6.07, 6.45) is 2.66. The number of piperidine rings is 1. The Morgan fingerprint density at radius 3 is 2.96 bits per heavy atom. The van der Waals surface area contributed by atoms with Crippen molar-refractivity contribution >= 4 is 17.2 Å². The van der Waals surface area contributed by atoms with E-state index in [1.165, 1.54) is 0 Å². The molecule has 4 nitrogen and oxygen atoms in total. The number of carbonyl (C=O) groups excluding carboxylic acids is 1. The Labute approximate surface area is 147 Å². The maximum atomic E-state index is 12.4. The smallest absolute Gasteiger partial charge is 0.227 e. The maximum Gasteiger partial charge on any atom is 0.227 e. The van der Waals surface area contributed by atoms with Crippen molar-refractivity contribution in [1.29, 1.82) is 0 Å². The second-order valence-electron chi connectivity index (χ2n) is 6.09. The lowest BCUT2D eigenvalue weighted by Gasteiger charge is -2.32. The first-order valence-corrected chi connectivity index (χ1v) is 9.19. The molecule has 1 atom stereocenters. The van der Waals surface area contributed by atoms with Crippen LogP contribution in [0.3, 0.4) is 0 Å². The Morgan fingerprint density at radius 1 is 1.29 bits per heavy atom. The van der Waals surface area contributed by atoms with Gasteiger partial charge in [0.1, 0.15) is 11.5 Å². The van der Waals surface area contributed by atoms with E-state index < -0.39 is 0 Å². The first-order chi connectivity index (χ1) is 11.7. The molecule has 0 spiro atoms. The summed E-state index contributed by atoms with van der Waals surface area (Å²) in [6, 6.07) is 11.7. The number of amides is 1. The molecule has 1 aliphatic heterocycles. The minimum absolute atomic E-state index is 0.225. The van der Waals surface area contributed by atoms with Gasteiger partial charge < -0.3 is 14.4 Å². The van der Waals surface area contributed by atoms with Gasteiger partial charge in [0, 0.05) is 30.0 Å². The molecule has 0 bridgehead atoms. The van der Waals surface area contributed by atoms with Crippen LogP contribution in [0.25, 0.3) is 0 Å². The van der Waals surface area contributed by atoms with Crippen LogP contribution < -0.4 is 9.47 Å². The molecule has 24 heavy (non-hydrogen) atoms. The fourth-order valence-corrected chi connectivity index (χ4v) is 3.70. The van der Waals surface area contributed by atoms with Crippen LogP contribution in [0.4, 0.5) is 0 Å². The highest BCUT2D eigenvalue weighted by atomic mass is 32.1. The summed E-state index contributed by atoms with van der Waals surface area (Å²) in [6.45, 7) is 2.28. The Balaban J connectivity index is 1.50. The maximum absolute atomic E-state index is 12.4. The number of nitrogens with zero attached hydrogens (tertiary/aromatic N) is 1. The SMILES string of the molecule is COc1cccc(OC[C@H]2CCCN(C(=O)Cc3cccs3)C2)c1. The van der Waals surface area contributed by atoms with Gasteiger partial charge in [-0.05, 0) is 36.4 Å². The summed E-state index contributed by atoms with van der Waals surface area (Å²) in [5.74, 6) is 2.22. The number of hydrogen-bond donors (Lipinski definition) is 0. The van der Waals surface area contributed by atoms with Gasteiger partial charge in [-0.1, -0.05) is 12.1 Å². The third kappa shape index (κ3) is 4.51. The molecule has 1 saturated heterocycles. The molecule has 5 heteroatoms. The van der Waals surface area contributed by atoms with E-state index in [4.69, 9.17) is 9.47 Å². The van der Waals surface area contributed by atoms with Crippen LogP contribution in [0.15, 0.2) is 41.8 Å². The van der Waals surface area contributed by atoms with Crippen LogP contribution in [-0.4, -0.2) is 37.6 Å². The molecule has 3 rings (SSSR count). The minimum atomic E-state index is 0.225. The van der Waals surface area contributed by atoms with Gasteiger partial charge in [-0.25, -0.2) is 0 Å². The molecular weight excluding hydrogens is 322 g/mol. The molecule has 2 heterocycles. The van der Waals surface area contributed by atoms with Crippen molar-refractivity contribution in [1.82, 2.24) is 4.90 Å². The summed E-state index contributed by atoms with van der Waals surface area (Å²) in [7, 11) is 1.65. The molecule has 0 saturated carbocycles. The van der Waals surface area contributed by atoms with Gasteiger partial charge in [0.15, 0.2) is 0 Å². The second kappa shape index (κ2) is 8.20. The highest BCUT2D eigenvalue weighted by Crippen LogP contribution is 2.22. The number of ether oxygens (including phenoxy) is 2. The average Bonchev–Trinajstić information content (AvgIpc) is 3.13. The fraction of sp³-hybridized carbons (Fsp3) is 0.421. The monoisotopic (exact) mass is 345 g/mol. The van der Waals surface area contributed by atoms with E-state index in [0.717, 1.165) is 42.3 Å². The molecule has 128 valence electrons. The first-order valence-electron chi connectivity index (χ1n) is 8.31. The Morgan fingerprint density at radius 2 is 2.17 bits per heavy atom. The number of likely N-dealkylation sites (tertiary alicyclic amines) is 1. The molecule has 1 fully saturated rings. The first kappa shape index (κ1) is 16.8. The van der Waals surface area contributed by atoms with E-state index in [2.05, 4.69) is 0 Å². The summed E-state index contributed by atoms with van der Waals surface area (Å²) in [5, 5.41) is 2.02. The van der Waals surface area contributed by atoms with Crippen molar-refractivity contribution in [2.45, 2.75) is 19.3 Å². The van der Waals surface area contributed by atoms with Crippen molar-refractivity contribution in [3.63, 3.8) is 0 Å². The van der Waals surface area contributed by atoms with Crippen molar-refractivity contribution < 1.29 is 14.3 Å². The lowest BCUT2D eigenvalue weighted by atomic mass is 9.98. The normalized spacial score (nSPS) is 17.5. The third-order valence-corrected chi connectivity index (χ3v) is 5.18. The fourth-order valence-electron chi connectivity index (χ4n) is 3.01. The van der Waals surface area contributed by atoms with Gasteiger partial charge >= 0.3 is 0 Å². The van der Waals surface area contributed by atoms with Gasteiger partial charge in [-0.3, -0.25) is 4.79 Å². The molecular formula is C19H23NO3S. The summed E-state index contributed by atoms with van der Waals surface area (Å²) < 4.78 is 11.1. The van der Waals surface area contributed by atoms with Gasteiger partial charge in [0.25, 0.3) is 0 Å². The molecule has 0 aliphatic carbocycles. The zero-order chi connectivity index (χ0) is 16.8. The number of benzene rings is 1. The number of carbonyl (C=O) groups is 1. The van der Waals surface area contributed by atoms with E-state index in [-0.39, 0.29) is 5.91 Å². The number of methoxy groups -OCH3 is 1. The van der Waals surface area contributed by atoms with Crippen molar-refractivity contribution in [2.24, 2.45) is 5.92 Å². The van der Waals surface area contributed by atoms with E-state index in [0.29, 0.717) is 18.9 Å².